The molecule has 0 radical (unpaired) electrons. The number of benzene rings is 2. The summed E-state index contributed by atoms with van der Waals surface area (Å²) in [6.45, 7) is 1.82. The molecule has 1 heterocycles. The molecule has 1 N–H and O–H groups in total. The molecule has 0 spiro atoms. The second kappa shape index (κ2) is 5.53. The maximum absolute atomic E-state index is 12.8. The van der Waals surface area contributed by atoms with Gasteiger partial charge in [0.05, 0.1) is 17.0 Å². The van der Waals surface area contributed by atoms with Gasteiger partial charge in [-0.25, -0.2) is 12.4 Å². The van der Waals surface area contributed by atoms with Gasteiger partial charge in [-0.2, -0.15) is 0 Å². The normalized spacial score (nSPS) is 12.0. The monoisotopic (exact) mass is 379 g/mol. The summed E-state index contributed by atoms with van der Waals surface area (Å²) in [5.74, 6) is 0. The third kappa shape index (κ3) is 2.47. The Kier molecular flexibility index (Phi) is 3.84. The Balaban J connectivity index is 2.24. The Morgan fingerprint density at radius 2 is 1.82 bits per heavy atom. The molecule has 0 fully saturated rings. The number of aliphatic hydroxyl groups excluding tert-OH is 1. The smallest absolute Gasteiger partial charge is 0.268 e. The van der Waals surface area contributed by atoms with E-state index in [2.05, 4.69) is 15.9 Å². The molecule has 0 amide bonds. The van der Waals surface area contributed by atoms with Gasteiger partial charge in [0.2, 0.25) is 0 Å². The van der Waals surface area contributed by atoms with Crippen LogP contribution >= 0.6 is 15.9 Å². The summed E-state index contributed by atoms with van der Waals surface area (Å²) in [4.78, 5) is 0.244. The van der Waals surface area contributed by atoms with E-state index in [-0.39, 0.29) is 11.5 Å². The lowest BCUT2D eigenvalue weighted by atomic mass is 10.2. The van der Waals surface area contributed by atoms with Crippen molar-refractivity contribution in [2.75, 3.05) is 0 Å². The highest BCUT2D eigenvalue weighted by Crippen LogP contribution is 2.30. The quantitative estimate of drug-likeness (QED) is 0.757. The molecule has 0 aliphatic rings. The molecular formula is C16H14BrNO3S. The van der Waals surface area contributed by atoms with Crippen molar-refractivity contribution in [2.24, 2.45) is 0 Å². The molecule has 0 aliphatic heterocycles. The predicted octanol–water partition coefficient (Wildman–Crippen LogP) is 3.44. The first kappa shape index (κ1) is 15.3. The van der Waals surface area contributed by atoms with E-state index >= 15 is 0 Å². The molecule has 114 valence electrons. The Morgan fingerprint density at radius 1 is 1.14 bits per heavy atom. The summed E-state index contributed by atoms with van der Waals surface area (Å²) < 4.78 is 27.5. The molecule has 0 bridgehead atoms. The average Bonchev–Trinajstić information content (AvgIpc) is 2.92. The molecule has 3 aromatic rings. The van der Waals surface area contributed by atoms with Gasteiger partial charge in [0, 0.05) is 16.1 Å². The zero-order valence-corrected chi connectivity index (χ0v) is 14.2. The lowest BCUT2D eigenvalue weighted by molar-refractivity contribution is 0.282. The molecule has 0 atom stereocenters. The minimum Gasteiger partial charge on any atom is -0.392 e. The van der Waals surface area contributed by atoms with E-state index < -0.39 is 10.0 Å². The third-order valence-corrected chi connectivity index (χ3v) is 5.82. The highest BCUT2D eigenvalue weighted by Gasteiger charge is 2.20. The van der Waals surface area contributed by atoms with E-state index in [1.165, 1.54) is 10.2 Å². The molecule has 0 saturated heterocycles. The Morgan fingerprint density at radius 3 is 2.45 bits per heavy atom. The van der Waals surface area contributed by atoms with Crippen LogP contribution in [0.15, 0.2) is 58.0 Å². The van der Waals surface area contributed by atoms with Crippen molar-refractivity contribution in [3.8, 4) is 0 Å². The molecular weight excluding hydrogens is 366 g/mol. The standard InChI is InChI=1S/C16H14BrNO3S/c1-11-2-4-14(5-3-11)22(20,21)18-7-6-13-8-12(10-19)9-15(17)16(13)18/h2-9,19H,10H2,1H3. The first-order chi connectivity index (χ1) is 10.4. The molecule has 0 saturated carbocycles. The van der Waals surface area contributed by atoms with Gasteiger partial charge in [0.1, 0.15) is 0 Å². The van der Waals surface area contributed by atoms with E-state index in [9.17, 15) is 13.5 Å². The van der Waals surface area contributed by atoms with Crippen molar-refractivity contribution in [1.29, 1.82) is 0 Å². The van der Waals surface area contributed by atoms with Gasteiger partial charge in [-0.3, -0.25) is 0 Å². The van der Waals surface area contributed by atoms with Crippen molar-refractivity contribution in [2.45, 2.75) is 18.4 Å². The van der Waals surface area contributed by atoms with Crippen LogP contribution in [0.1, 0.15) is 11.1 Å². The van der Waals surface area contributed by atoms with Gasteiger partial charge in [0.15, 0.2) is 0 Å². The fourth-order valence-corrected chi connectivity index (χ4v) is 4.58. The Labute approximate surface area is 137 Å². The highest BCUT2D eigenvalue weighted by atomic mass is 79.9. The molecule has 6 heteroatoms. The molecule has 4 nitrogen and oxygen atoms in total. The van der Waals surface area contributed by atoms with E-state index in [0.29, 0.717) is 9.99 Å². The predicted molar refractivity (Wildman–Crippen MR) is 89.3 cm³/mol. The maximum atomic E-state index is 12.8. The van der Waals surface area contributed by atoms with Gasteiger partial charge >= 0.3 is 0 Å². The lowest BCUT2D eigenvalue weighted by Gasteiger charge is -2.10. The van der Waals surface area contributed by atoms with Gasteiger partial charge in [-0.1, -0.05) is 17.7 Å². The molecule has 1 aromatic heterocycles. The molecule has 0 unspecified atom stereocenters. The van der Waals surface area contributed by atoms with E-state index in [1.807, 2.05) is 6.92 Å². The van der Waals surface area contributed by atoms with Crippen molar-refractivity contribution >= 4 is 36.9 Å². The van der Waals surface area contributed by atoms with Gasteiger partial charge < -0.3 is 5.11 Å². The number of hydrogen-bond acceptors (Lipinski definition) is 3. The number of aryl methyl sites for hydroxylation is 1. The Bertz CT molecular complexity index is 943. The molecule has 3 rings (SSSR count). The van der Waals surface area contributed by atoms with Crippen molar-refractivity contribution in [3.05, 3.63) is 64.3 Å². The van der Waals surface area contributed by atoms with Gasteiger partial charge in [-0.05, 0) is 58.7 Å². The number of nitrogens with zero attached hydrogens (tertiary/aromatic N) is 1. The third-order valence-electron chi connectivity index (χ3n) is 3.52. The zero-order valence-electron chi connectivity index (χ0n) is 11.8. The number of aromatic nitrogens is 1. The number of rotatable bonds is 3. The van der Waals surface area contributed by atoms with Crippen molar-refractivity contribution in [3.63, 3.8) is 0 Å². The fraction of sp³-hybridized carbons (Fsp3) is 0.125. The number of fused-ring (bicyclic) bond motifs is 1. The minimum atomic E-state index is -3.66. The molecule has 22 heavy (non-hydrogen) atoms. The summed E-state index contributed by atoms with van der Waals surface area (Å²) in [6, 6.07) is 12.0. The van der Waals surface area contributed by atoms with E-state index in [4.69, 9.17) is 0 Å². The minimum absolute atomic E-state index is 0.0928. The number of aliphatic hydroxyl groups is 1. The van der Waals surface area contributed by atoms with Crippen LogP contribution in [-0.2, 0) is 16.6 Å². The van der Waals surface area contributed by atoms with Crippen LogP contribution in [0.25, 0.3) is 10.9 Å². The first-order valence-corrected chi connectivity index (χ1v) is 8.89. The SMILES string of the molecule is Cc1ccc(S(=O)(=O)n2ccc3cc(CO)cc(Br)c32)cc1. The first-order valence-electron chi connectivity index (χ1n) is 6.66. The molecule has 0 aliphatic carbocycles. The van der Waals surface area contributed by atoms with E-state index in [0.717, 1.165) is 16.5 Å². The van der Waals surface area contributed by atoms with Crippen LogP contribution in [-0.4, -0.2) is 17.5 Å². The summed E-state index contributed by atoms with van der Waals surface area (Å²) >= 11 is 3.40. The summed E-state index contributed by atoms with van der Waals surface area (Å²) in [5, 5.41) is 10.0. The van der Waals surface area contributed by atoms with Crippen LogP contribution in [0.5, 0.6) is 0 Å². The van der Waals surface area contributed by atoms with Gasteiger partial charge in [-0.15, -0.1) is 0 Å². The Hall–Kier alpha value is -1.63. The second-order valence-electron chi connectivity index (χ2n) is 5.10. The summed E-state index contributed by atoms with van der Waals surface area (Å²) in [6.07, 6.45) is 1.53. The van der Waals surface area contributed by atoms with Crippen LogP contribution in [0.3, 0.4) is 0 Å². The van der Waals surface area contributed by atoms with Crippen molar-refractivity contribution in [1.82, 2.24) is 3.97 Å². The van der Waals surface area contributed by atoms with Crippen LogP contribution in [0.2, 0.25) is 0 Å². The second-order valence-corrected chi connectivity index (χ2v) is 7.77. The topological polar surface area (TPSA) is 59.3 Å². The van der Waals surface area contributed by atoms with Crippen molar-refractivity contribution < 1.29 is 13.5 Å². The van der Waals surface area contributed by atoms with Crippen LogP contribution in [0, 0.1) is 6.92 Å². The number of halogens is 1. The van der Waals surface area contributed by atoms with Crippen LogP contribution < -0.4 is 0 Å². The van der Waals surface area contributed by atoms with Crippen LogP contribution in [0.4, 0.5) is 0 Å². The largest absolute Gasteiger partial charge is 0.392 e. The summed E-state index contributed by atoms with van der Waals surface area (Å²) in [7, 11) is -3.66. The number of hydrogen-bond donors (Lipinski definition) is 1. The maximum Gasteiger partial charge on any atom is 0.268 e. The fourth-order valence-electron chi connectivity index (χ4n) is 2.38. The highest BCUT2D eigenvalue weighted by molar-refractivity contribution is 9.10. The van der Waals surface area contributed by atoms with Gasteiger partial charge in [0.25, 0.3) is 10.0 Å². The average molecular weight is 380 g/mol. The zero-order chi connectivity index (χ0) is 15.9. The summed E-state index contributed by atoms with van der Waals surface area (Å²) in [5.41, 5.74) is 2.30. The van der Waals surface area contributed by atoms with E-state index in [1.54, 1.807) is 42.5 Å². The molecule has 2 aromatic carbocycles. The lowest BCUT2D eigenvalue weighted by Crippen LogP contribution is -2.12.